The molecular weight excluding hydrogens is 364 g/mol. The number of nitrogens with zero attached hydrogens (tertiary/aromatic N) is 3. The van der Waals surface area contributed by atoms with Crippen molar-refractivity contribution in [2.45, 2.75) is 32.0 Å². The van der Waals surface area contributed by atoms with Crippen LogP contribution in [0.25, 0.3) is 11.0 Å². The molecule has 2 unspecified atom stereocenters. The molecule has 0 N–H and O–H groups in total. The molecule has 1 aliphatic rings. The first-order valence-electron chi connectivity index (χ1n) is 9.08. The zero-order valence-corrected chi connectivity index (χ0v) is 15.9. The zero-order chi connectivity index (χ0) is 20.0. The summed E-state index contributed by atoms with van der Waals surface area (Å²) in [4.78, 5) is 18.6. The minimum absolute atomic E-state index is 0.00295. The van der Waals surface area contributed by atoms with Gasteiger partial charge in [-0.3, -0.25) is 9.69 Å². The Kier molecular flexibility index (Phi) is 4.63. The number of aldehydes is 1. The van der Waals surface area contributed by atoms with E-state index in [-0.39, 0.29) is 17.8 Å². The molecule has 0 amide bonds. The fraction of sp³-hybridized carbons (Fsp3) is 0.333. The second-order valence-electron chi connectivity index (χ2n) is 7.32. The number of carbonyl (C=O) groups excluding carboxylic acids is 1. The van der Waals surface area contributed by atoms with Crippen LogP contribution < -0.4 is 4.74 Å². The van der Waals surface area contributed by atoms with Crippen molar-refractivity contribution in [1.82, 2.24) is 14.5 Å². The molecule has 28 heavy (non-hydrogen) atoms. The molecule has 0 saturated carbocycles. The van der Waals surface area contributed by atoms with Crippen molar-refractivity contribution >= 4 is 17.3 Å². The summed E-state index contributed by atoms with van der Waals surface area (Å²) >= 11 is 0. The van der Waals surface area contributed by atoms with Crippen molar-refractivity contribution in [3.05, 3.63) is 58.9 Å². The Morgan fingerprint density at radius 2 is 2.07 bits per heavy atom. The van der Waals surface area contributed by atoms with Gasteiger partial charge in [0.1, 0.15) is 11.6 Å². The number of hydrogen-bond acceptors (Lipinski definition) is 4. The number of imidazole rings is 1. The topological polar surface area (TPSA) is 47.4 Å². The van der Waals surface area contributed by atoms with E-state index in [1.54, 1.807) is 12.1 Å². The van der Waals surface area contributed by atoms with Gasteiger partial charge in [-0.15, -0.1) is 0 Å². The van der Waals surface area contributed by atoms with Crippen molar-refractivity contribution in [3.63, 3.8) is 0 Å². The lowest BCUT2D eigenvalue weighted by Crippen LogP contribution is -2.18. The van der Waals surface area contributed by atoms with Crippen LogP contribution in [0.2, 0.25) is 0 Å². The highest BCUT2D eigenvalue weighted by Gasteiger charge is 2.38. The van der Waals surface area contributed by atoms with Crippen LogP contribution in [0.4, 0.5) is 8.78 Å². The largest absolute Gasteiger partial charge is 0.434 e. The van der Waals surface area contributed by atoms with E-state index >= 15 is 0 Å². The van der Waals surface area contributed by atoms with Gasteiger partial charge in [-0.25, -0.2) is 4.98 Å². The summed E-state index contributed by atoms with van der Waals surface area (Å²) in [7, 11) is 3.92. The second-order valence-corrected chi connectivity index (χ2v) is 7.32. The summed E-state index contributed by atoms with van der Waals surface area (Å²) in [5.74, 6) is 0.892. The van der Waals surface area contributed by atoms with E-state index in [9.17, 15) is 13.6 Å². The highest BCUT2D eigenvalue weighted by molar-refractivity contribution is 5.81. The Balaban J connectivity index is 1.97. The number of carbonyl (C=O) groups is 1. The Labute approximate surface area is 161 Å². The Hall–Kier alpha value is -2.80. The van der Waals surface area contributed by atoms with Gasteiger partial charge >= 0.3 is 6.61 Å². The highest BCUT2D eigenvalue weighted by atomic mass is 19.3. The number of alkyl halides is 2. The lowest BCUT2D eigenvalue weighted by atomic mass is 9.96. The van der Waals surface area contributed by atoms with Gasteiger partial charge in [0, 0.05) is 11.1 Å². The number of rotatable bonds is 5. The van der Waals surface area contributed by atoms with Gasteiger partial charge in [0.2, 0.25) is 0 Å². The summed E-state index contributed by atoms with van der Waals surface area (Å²) in [5, 5.41) is 0. The molecule has 0 saturated heterocycles. The predicted octanol–water partition coefficient (Wildman–Crippen LogP) is 4.35. The average Bonchev–Trinajstić information content (AvgIpc) is 3.18. The molecule has 3 aromatic rings. The van der Waals surface area contributed by atoms with Crippen LogP contribution in [0.1, 0.15) is 45.8 Å². The first-order chi connectivity index (χ1) is 13.4. The van der Waals surface area contributed by atoms with Gasteiger partial charge in [0.05, 0.1) is 23.1 Å². The molecule has 1 aliphatic heterocycles. The number of hydrogen-bond donors (Lipinski definition) is 0. The van der Waals surface area contributed by atoms with E-state index in [1.807, 2.05) is 39.2 Å². The number of fused-ring (bicyclic) bond motifs is 3. The Morgan fingerprint density at radius 3 is 2.75 bits per heavy atom. The van der Waals surface area contributed by atoms with Gasteiger partial charge in [-0.1, -0.05) is 18.2 Å². The highest BCUT2D eigenvalue weighted by Crippen LogP contribution is 2.46. The summed E-state index contributed by atoms with van der Waals surface area (Å²) in [6, 6.07) is 10.3. The summed E-state index contributed by atoms with van der Waals surface area (Å²) in [6.07, 6.45) is 1.31. The third kappa shape index (κ3) is 2.96. The maximum Gasteiger partial charge on any atom is 0.387 e. The van der Waals surface area contributed by atoms with Crippen LogP contribution in [0.3, 0.4) is 0 Å². The molecule has 7 heteroatoms. The van der Waals surface area contributed by atoms with Gasteiger partial charge in [0.25, 0.3) is 0 Å². The standard InChI is InChI=1S/C21H21F2N3O2/c1-12-7-8-14-15(9-12)26-16(10-17(25(2)3)20(26)24-14)19-13(11-27)5-4-6-18(19)28-21(22)23/h4-9,11,16-17,21H,10H2,1-3H3. The van der Waals surface area contributed by atoms with E-state index in [2.05, 4.69) is 9.47 Å². The number of benzene rings is 2. The first-order valence-corrected chi connectivity index (χ1v) is 9.08. The molecule has 2 atom stereocenters. The lowest BCUT2D eigenvalue weighted by molar-refractivity contribution is -0.0507. The van der Waals surface area contributed by atoms with Crippen LogP contribution in [0.15, 0.2) is 36.4 Å². The first kappa shape index (κ1) is 18.6. The molecule has 5 nitrogen and oxygen atoms in total. The van der Waals surface area contributed by atoms with Gasteiger partial charge in [-0.05, 0) is 51.2 Å². The second kappa shape index (κ2) is 6.98. The van der Waals surface area contributed by atoms with E-state index in [0.29, 0.717) is 23.8 Å². The minimum Gasteiger partial charge on any atom is -0.434 e. The van der Waals surface area contributed by atoms with Crippen LogP contribution in [0, 0.1) is 6.92 Å². The summed E-state index contributed by atoms with van der Waals surface area (Å²) in [5.41, 5.74) is 3.67. The molecule has 0 bridgehead atoms. The van der Waals surface area contributed by atoms with Crippen LogP contribution in [0.5, 0.6) is 5.75 Å². The Bertz CT molecular complexity index is 1050. The molecule has 4 rings (SSSR count). The molecule has 2 aromatic carbocycles. The summed E-state index contributed by atoms with van der Waals surface area (Å²) in [6.45, 7) is -0.967. The van der Waals surface area contributed by atoms with E-state index < -0.39 is 6.61 Å². The van der Waals surface area contributed by atoms with Gasteiger partial charge < -0.3 is 9.30 Å². The van der Waals surface area contributed by atoms with Crippen molar-refractivity contribution in [3.8, 4) is 5.75 Å². The van der Waals surface area contributed by atoms with E-state index in [0.717, 1.165) is 22.4 Å². The lowest BCUT2D eigenvalue weighted by Gasteiger charge is -2.22. The predicted molar refractivity (Wildman–Crippen MR) is 102 cm³/mol. The molecule has 0 spiro atoms. The van der Waals surface area contributed by atoms with Crippen molar-refractivity contribution in [2.24, 2.45) is 0 Å². The molecule has 0 aliphatic carbocycles. The maximum atomic E-state index is 13.0. The minimum atomic E-state index is -2.96. The third-order valence-corrected chi connectivity index (χ3v) is 5.33. The number of aryl methyl sites for hydroxylation is 1. The fourth-order valence-corrected chi connectivity index (χ4v) is 4.11. The van der Waals surface area contributed by atoms with Crippen LogP contribution in [-0.4, -0.2) is 41.4 Å². The van der Waals surface area contributed by atoms with Crippen molar-refractivity contribution in [2.75, 3.05) is 14.1 Å². The van der Waals surface area contributed by atoms with Crippen LogP contribution >= 0.6 is 0 Å². The normalized spacial score (nSPS) is 18.8. The Morgan fingerprint density at radius 1 is 1.29 bits per heavy atom. The molecule has 2 heterocycles. The van der Waals surface area contributed by atoms with Gasteiger partial charge in [0.15, 0.2) is 6.29 Å². The third-order valence-electron chi connectivity index (χ3n) is 5.33. The zero-order valence-electron chi connectivity index (χ0n) is 15.9. The fourth-order valence-electron chi connectivity index (χ4n) is 4.11. The number of ether oxygens (including phenoxy) is 1. The quantitative estimate of drug-likeness (QED) is 0.613. The van der Waals surface area contributed by atoms with Crippen LogP contribution in [-0.2, 0) is 0 Å². The smallest absolute Gasteiger partial charge is 0.387 e. The molecular formula is C21H21F2N3O2. The monoisotopic (exact) mass is 385 g/mol. The van der Waals surface area contributed by atoms with Crippen molar-refractivity contribution in [1.29, 1.82) is 0 Å². The molecule has 146 valence electrons. The van der Waals surface area contributed by atoms with Crippen molar-refractivity contribution < 1.29 is 18.3 Å². The number of halogens is 2. The van der Waals surface area contributed by atoms with E-state index in [4.69, 9.17) is 9.72 Å². The SMILES string of the molecule is Cc1ccc2nc3n(c2c1)C(c1c(C=O)cccc1OC(F)F)CC3N(C)C. The molecule has 0 radical (unpaired) electrons. The average molecular weight is 385 g/mol. The number of aromatic nitrogens is 2. The van der Waals surface area contributed by atoms with Gasteiger partial charge in [-0.2, -0.15) is 8.78 Å². The maximum absolute atomic E-state index is 13.0. The summed E-state index contributed by atoms with van der Waals surface area (Å²) < 4.78 is 32.9. The molecule has 1 aromatic heterocycles. The van der Waals surface area contributed by atoms with E-state index in [1.165, 1.54) is 6.07 Å². The molecule has 0 fully saturated rings.